The van der Waals surface area contributed by atoms with Gasteiger partial charge in [-0.05, 0) is 32.6 Å². The third-order valence-corrected chi connectivity index (χ3v) is 4.81. The second kappa shape index (κ2) is 7.19. The van der Waals surface area contributed by atoms with Crippen LogP contribution in [0, 0.1) is 0 Å². The number of urea groups is 1. The average molecular weight is 339 g/mol. The summed E-state index contributed by atoms with van der Waals surface area (Å²) in [5.74, 6) is -1.43. The van der Waals surface area contributed by atoms with E-state index in [1.807, 2.05) is 0 Å². The highest BCUT2D eigenvalue weighted by Crippen LogP contribution is 2.24. The number of esters is 1. The van der Waals surface area contributed by atoms with Gasteiger partial charge in [0.1, 0.15) is 12.1 Å². The topological polar surface area (TPSA) is 96.0 Å². The van der Waals surface area contributed by atoms with Crippen molar-refractivity contribution < 1.29 is 23.9 Å². The molecular formula is C16H25N3O5. The number of imide groups is 1. The number of carbonyl (C=O) groups is 4. The Morgan fingerprint density at radius 2 is 1.79 bits per heavy atom. The first-order valence-electron chi connectivity index (χ1n) is 8.47. The zero-order valence-electron chi connectivity index (χ0n) is 14.5. The van der Waals surface area contributed by atoms with E-state index >= 15 is 0 Å². The van der Waals surface area contributed by atoms with Gasteiger partial charge in [0.2, 0.25) is 0 Å². The lowest BCUT2D eigenvalue weighted by molar-refractivity contribution is -0.160. The van der Waals surface area contributed by atoms with Gasteiger partial charge in [0.25, 0.3) is 11.8 Å². The number of likely N-dealkylation sites (tertiary alicyclic amines) is 1. The Morgan fingerprint density at radius 1 is 1.21 bits per heavy atom. The first-order chi connectivity index (χ1) is 11.3. The predicted octanol–water partition coefficient (Wildman–Crippen LogP) is 0.651. The van der Waals surface area contributed by atoms with Crippen molar-refractivity contribution in [2.45, 2.75) is 58.1 Å². The molecule has 2 aliphatic rings. The molecule has 0 radical (unpaired) electrons. The van der Waals surface area contributed by atoms with Gasteiger partial charge in [-0.15, -0.1) is 0 Å². The molecule has 2 aliphatic heterocycles. The summed E-state index contributed by atoms with van der Waals surface area (Å²) in [7, 11) is 0. The molecule has 0 saturated carbocycles. The number of carbonyl (C=O) groups excluding carboxylic acids is 4. The minimum atomic E-state index is -0.950. The van der Waals surface area contributed by atoms with E-state index in [1.165, 1.54) is 6.92 Å². The second-order valence-corrected chi connectivity index (χ2v) is 6.28. The van der Waals surface area contributed by atoms with Gasteiger partial charge in [0, 0.05) is 13.1 Å². The lowest BCUT2D eigenvalue weighted by Gasteiger charge is -2.23. The molecule has 1 atom stereocenters. The summed E-state index contributed by atoms with van der Waals surface area (Å²) < 4.78 is 5.11. The molecule has 2 fully saturated rings. The molecule has 0 aliphatic carbocycles. The fourth-order valence-corrected chi connectivity index (χ4v) is 3.16. The van der Waals surface area contributed by atoms with Crippen molar-refractivity contribution in [3.8, 4) is 0 Å². The van der Waals surface area contributed by atoms with Crippen LogP contribution in [0.15, 0.2) is 0 Å². The maximum atomic E-state index is 12.4. The zero-order chi connectivity index (χ0) is 17.9. The fraction of sp³-hybridized carbons (Fsp3) is 0.750. The molecule has 8 nitrogen and oxygen atoms in total. The Bertz CT molecular complexity index is 538. The molecule has 134 valence electrons. The molecule has 0 unspecified atom stereocenters. The van der Waals surface area contributed by atoms with Crippen molar-refractivity contribution in [2.24, 2.45) is 0 Å². The third kappa shape index (κ3) is 3.37. The minimum Gasteiger partial charge on any atom is -0.451 e. The molecule has 24 heavy (non-hydrogen) atoms. The fourth-order valence-electron chi connectivity index (χ4n) is 3.16. The van der Waals surface area contributed by atoms with Crippen molar-refractivity contribution in [3.63, 3.8) is 0 Å². The Labute approximate surface area is 141 Å². The van der Waals surface area contributed by atoms with E-state index in [0.717, 1.165) is 17.7 Å². The van der Waals surface area contributed by atoms with Crippen LogP contribution >= 0.6 is 0 Å². The van der Waals surface area contributed by atoms with E-state index in [0.29, 0.717) is 25.9 Å². The van der Waals surface area contributed by atoms with Crippen LogP contribution in [0.4, 0.5) is 4.79 Å². The van der Waals surface area contributed by atoms with Crippen molar-refractivity contribution in [1.82, 2.24) is 15.1 Å². The van der Waals surface area contributed by atoms with E-state index in [1.54, 1.807) is 18.7 Å². The van der Waals surface area contributed by atoms with Crippen LogP contribution in [0.1, 0.15) is 46.5 Å². The first-order valence-corrected chi connectivity index (χ1v) is 8.47. The van der Waals surface area contributed by atoms with E-state index in [4.69, 9.17) is 4.74 Å². The number of nitrogens with zero attached hydrogens (tertiary/aromatic N) is 2. The molecular weight excluding hydrogens is 314 g/mol. The van der Waals surface area contributed by atoms with Crippen LogP contribution in [-0.4, -0.2) is 64.9 Å². The molecule has 2 heterocycles. The van der Waals surface area contributed by atoms with Crippen LogP contribution in [-0.2, 0) is 19.1 Å². The average Bonchev–Trinajstić information content (AvgIpc) is 3.17. The number of amides is 4. The first kappa shape index (κ1) is 18.2. The summed E-state index contributed by atoms with van der Waals surface area (Å²) in [6, 6.07) is -0.598. The van der Waals surface area contributed by atoms with Gasteiger partial charge in [0.05, 0.1) is 0 Å². The Balaban J connectivity index is 1.93. The number of ether oxygens (including phenoxy) is 1. The van der Waals surface area contributed by atoms with Crippen LogP contribution in [0.2, 0.25) is 0 Å². The summed E-state index contributed by atoms with van der Waals surface area (Å²) in [4.78, 5) is 51.1. The third-order valence-electron chi connectivity index (χ3n) is 4.81. The van der Waals surface area contributed by atoms with Gasteiger partial charge in [-0.3, -0.25) is 19.3 Å². The quantitative estimate of drug-likeness (QED) is 0.566. The minimum absolute atomic E-state index is 0.241. The molecule has 0 aromatic heterocycles. The summed E-state index contributed by atoms with van der Waals surface area (Å²) in [5, 5.41) is 2.65. The molecule has 0 bridgehead atoms. The van der Waals surface area contributed by atoms with Crippen molar-refractivity contribution in [2.75, 3.05) is 19.6 Å². The number of rotatable bonds is 6. The molecule has 0 spiro atoms. The van der Waals surface area contributed by atoms with Gasteiger partial charge < -0.3 is 15.0 Å². The van der Waals surface area contributed by atoms with Crippen LogP contribution in [0.3, 0.4) is 0 Å². The normalized spacial score (nSPS) is 21.0. The van der Waals surface area contributed by atoms with Crippen LogP contribution < -0.4 is 5.32 Å². The number of nitrogens with one attached hydrogen (secondary N) is 1. The van der Waals surface area contributed by atoms with Gasteiger partial charge in [-0.1, -0.05) is 13.8 Å². The zero-order valence-corrected chi connectivity index (χ0v) is 14.5. The highest BCUT2D eigenvalue weighted by molar-refractivity contribution is 6.08. The molecule has 4 amide bonds. The van der Waals surface area contributed by atoms with E-state index in [9.17, 15) is 19.2 Å². The highest BCUT2D eigenvalue weighted by Gasteiger charge is 2.49. The maximum absolute atomic E-state index is 12.4. The Kier molecular flexibility index (Phi) is 5.46. The van der Waals surface area contributed by atoms with Crippen LogP contribution in [0.5, 0.6) is 0 Å². The lowest BCUT2D eigenvalue weighted by Crippen LogP contribution is -2.46. The lowest BCUT2D eigenvalue weighted by atomic mass is 9.93. The second-order valence-electron chi connectivity index (χ2n) is 6.28. The predicted molar refractivity (Wildman–Crippen MR) is 84.9 cm³/mol. The van der Waals surface area contributed by atoms with Gasteiger partial charge in [-0.2, -0.15) is 0 Å². The van der Waals surface area contributed by atoms with Crippen molar-refractivity contribution in [3.05, 3.63) is 0 Å². The number of hydrogen-bond acceptors (Lipinski definition) is 5. The molecule has 0 aromatic carbocycles. The Morgan fingerprint density at radius 3 is 2.29 bits per heavy atom. The largest absolute Gasteiger partial charge is 0.451 e. The Hall–Kier alpha value is -2.12. The van der Waals surface area contributed by atoms with Gasteiger partial charge in [0.15, 0.2) is 6.10 Å². The van der Waals surface area contributed by atoms with Crippen LogP contribution in [0.25, 0.3) is 0 Å². The van der Waals surface area contributed by atoms with Crippen molar-refractivity contribution >= 4 is 23.8 Å². The molecule has 8 heteroatoms. The van der Waals surface area contributed by atoms with Gasteiger partial charge in [-0.25, -0.2) is 4.79 Å². The van der Waals surface area contributed by atoms with E-state index in [2.05, 4.69) is 5.32 Å². The smallest absolute Gasteiger partial charge is 0.327 e. The van der Waals surface area contributed by atoms with E-state index in [-0.39, 0.29) is 5.91 Å². The van der Waals surface area contributed by atoms with Crippen molar-refractivity contribution in [1.29, 1.82) is 0 Å². The molecule has 0 aromatic rings. The summed E-state index contributed by atoms with van der Waals surface area (Å²) in [6.07, 6.45) is 1.88. The summed E-state index contributed by atoms with van der Waals surface area (Å²) in [5.41, 5.74) is -0.950. The summed E-state index contributed by atoms with van der Waals surface area (Å²) in [6.45, 7) is 5.98. The number of hydrogen-bond donors (Lipinski definition) is 1. The SMILES string of the molecule is CCC1(CC)NC(=O)N(CC(=O)O[C@H](C)C(=O)N2CCCC2)C1=O. The monoisotopic (exact) mass is 339 g/mol. The molecule has 2 rings (SSSR count). The standard InChI is InChI=1S/C16H25N3O5/c1-4-16(5-2)14(22)19(15(23)17-16)10-12(20)24-11(3)13(21)18-8-6-7-9-18/h11H,4-10H2,1-3H3,(H,17,23)/t11-/m1/s1. The molecule has 1 N–H and O–H groups in total. The molecule has 2 saturated heterocycles. The van der Waals surface area contributed by atoms with Gasteiger partial charge >= 0.3 is 12.0 Å². The highest BCUT2D eigenvalue weighted by atomic mass is 16.5. The summed E-state index contributed by atoms with van der Waals surface area (Å²) >= 11 is 0. The van der Waals surface area contributed by atoms with E-state index < -0.39 is 36.1 Å². The maximum Gasteiger partial charge on any atom is 0.327 e.